The van der Waals surface area contributed by atoms with Crippen LogP contribution in [-0.2, 0) is 19.1 Å². The standard InChI is InChI=1S/C14H15Cl2NO5/c15-10-1-2-12(11(16)7-10)21-9-14(19)22-8-13(18)17-3-5-20-6-4-17/h1-2,7H,3-6,8-9H2. The number of hydrogen-bond acceptors (Lipinski definition) is 5. The lowest BCUT2D eigenvalue weighted by molar-refractivity contribution is -0.155. The van der Waals surface area contributed by atoms with Crippen LogP contribution in [0.15, 0.2) is 18.2 Å². The normalized spacial score (nSPS) is 14.5. The summed E-state index contributed by atoms with van der Waals surface area (Å²) in [5.41, 5.74) is 0. The fourth-order valence-electron chi connectivity index (χ4n) is 1.82. The second-order valence-corrected chi connectivity index (χ2v) is 5.36. The Morgan fingerprint density at radius 3 is 2.59 bits per heavy atom. The SMILES string of the molecule is O=C(COc1ccc(Cl)cc1Cl)OCC(=O)N1CCOCC1. The molecule has 0 N–H and O–H groups in total. The molecule has 1 aromatic rings. The molecule has 1 aromatic carbocycles. The van der Waals surface area contributed by atoms with Crippen molar-refractivity contribution in [1.29, 1.82) is 0 Å². The van der Waals surface area contributed by atoms with E-state index in [2.05, 4.69) is 0 Å². The summed E-state index contributed by atoms with van der Waals surface area (Å²) in [6.45, 7) is 1.37. The zero-order chi connectivity index (χ0) is 15.9. The Kier molecular flexibility index (Phi) is 6.30. The van der Waals surface area contributed by atoms with Crippen molar-refractivity contribution in [1.82, 2.24) is 4.90 Å². The summed E-state index contributed by atoms with van der Waals surface area (Å²) in [5, 5.41) is 0.765. The summed E-state index contributed by atoms with van der Waals surface area (Å²) in [6, 6.07) is 4.65. The number of carbonyl (C=O) groups excluding carboxylic acids is 2. The molecule has 0 unspecified atom stereocenters. The number of hydrogen-bond donors (Lipinski definition) is 0. The summed E-state index contributed by atoms with van der Waals surface area (Å²) in [4.78, 5) is 24.9. The van der Waals surface area contributed by atoms with E-state index in [0.717, 1.165) is 0 Å². The van der Waals surface area contributed by atoms with Crippen LogP contribution < -0.4 is 4.74 Å². The maximum atomic E-state index is 11.8. The van der Waals surface area contributed by atoms with Crippen molar-refractivity contribution in [3.63, 3.8) is 0 Å². The third kappa shape index (κ3) is 5.05. The predicted molar refractivity (Wildman–Crippen MR) is 80.3 cm³/mol. The maximum absolute atomic E-state index is 11.8. The van der Waals surface area contributed by atoms with Crippen LogP contribution in [0.3, 0.4) is 0 Å². The van der Waals surface area contributed by atoms with Crippen molar-refractivity contribution in [2.24, 2.45) is 0 Å². The highest BCUT2D eigenvalue weighted by Crippen LogP contribution is 2.27. The van der Waals surface area contributed by atoms with Crippen molar-refractivity contribution in [2.45, 2.75) is 0 Å². The lowest BCUT2D eigenvalue weighted by atomic mass is 10.3. The average molecular weight is 348 g/mol. The number of halogens is 2. The van der Waals surface area contributed by atoms with Gasteiger partial charge in [0.1, 0.15) is 5.75 Å². The van der Waals surface area contributed by atoms with Gasteiger partial charge in [-0.05, 0) is 18.2 Å². The van der Waals surface area contributed by atoms with E-state index in [0.29, 0.717) is 42.1 Å². The van der Waals surface area contributed by atoms with Gasteiger partial charge in [0.2, 0.25) is 0 Å². The summed E-state index contributed by atoms with van der Waals surface area (Å²) >= 11 is 11.7. The summed E-state index contributed by atoms with van der Waals surface area (Å²) < 4.78 is 15.2. The fraction of sp³-hybridized carbons (Fsp3) is 0.429. The first-order chi connectivity index (χ1) is 10.6. The Balaban J connectivity index is 1.72. The quantitative estimate of drug-likeness (QED) is 0.759. The highest BCUT2D eigenvalue weighted by molar-refractivity contribution is 6.35. The molecular formula is C14H15Cl2NO5. The van der Waals surface area contributed by atoms with E-state index in [4.69, 9.17) is 37.4 Å². The van der Waals surface area contributed by atoms with Crippen LogP contribution in [0, 0.1) is 0 Å². The summed E-state index contributed by atoms with van der Waals surface area (Å²) in [7, 11) is 0. The first-order valence-electron chi connectivity index (χ1n) is 6.65. The van der Waals surface area contributed by atoms with Crippen molar-refractivity contribution < 1.29 is 23.8 Å². The molecule has 0 bridgehead atoms. The van der Waals surface area contributed by atoms with E-state index in [1.807, 2.05) is 0 Å². The predicted octanol–water partition coefficient (Wildman–Crippen LogP) is 1.77. The lowest BCUT2D eigenvalue weighted by Gasteiger charge is -2.26. The van der Waals surface area contributed by atoms with Crippen LogP contribution in [0.5, 0.6) is 5.75 Å². The molecule has 2 rings (SSSR count). The molecule has 1 fully saturated rings. The minimum Gasteiger partial charge on any atom is -0.480 e. The molecule has 1 aliphatic heterocycles. The lowest BCUT2D eigenvalue weighted by Crippen LogP contribution is -2.42. The minimum atomic E-state index is -0.646. The van der Waals surface area contributed by atoms with Gasteiger partial charge >= 0.3 is 5.97 Å². The first kappa shape index (κ1) is 16.9. The van der Waals surface area contributed by atoms with Crippen molar-refractivity contribution in [2.75, 3.05) is 39.5 Å². The zero-order valence-corrected chi connectivity index (χ0v) is 13.2. The largest absolute Gasteiger partial charge is 0.480 e. The number of amides is 1. The van der Waals surface area contributed by atoms with Crippen LogP contribution in [0.4, 0.5) is 0 Å². The second kappa shape index (κ2) is 8.22. The van der Waals surface area contributed by atoms with E-state index in [1.165, 1.54) is 6.07 Å². The molecule has 0 aliphatic carbocycles. The van der Waals surface area contributed by atoms with Crippen molar-refractivity contribution in [3.8, 4) is 5.75 Å². The Labute approximate surface area is 137 Å². The Hall–Kier alpha value is -1.50. The molecule has 120 valence electrons. The summed E-state index contributed by atoms with van der Waals surface area (Å²) in [5.74, 6) is -0.573. The van der Waals surface area contributed by atoms with Crippen LogP contribution in [0.2, 0.25) is 10.0 Å². The molecule has 1 aliphatic rings. The molecule has 1 saturated heterocycles. The van der Waals surface area contributed by atoms with Gasteiger partial charge in [-0.3, -0.25) is 4.79 Å². The minimum absolute atomic E-state index is 0.249. The maximum Gasteiger partial charge on any atom is 0.344 e. The van der Waals surface area contributed by atoms with Gasteiger partial charge in [0.25, 0.3) is 5.91 Å². The molecule has 6 nitrogen and oxygen atoms in total. The molecule has 22 heavy (non-hydrogen) atoms. The van der Waals surface area contributed by atoms with Gasteiger partial charge in [0.15, 0.2) is 13.2 Å². The Morgan fingerprint density at radius 1 is 1.18 bits per heavy atom. The third-order valence-corrected chi connectivity index (χ3v) is 3.49. The highest BCUT2D eigenvalue weighted by atomic mass is 35.5. The fourth-order valence-corrected chi connectivity index (χ4v) is 2.28. The van der Waals surface area contributed by atoms with Crippen molar-refractivity contribution >= 4 is 35.1 Å². The van der Waals surface area contributed by atoms with Crippen LogP contribution in [-0.4, -0.2) is 56.3 Å². The molecule has 1 heterocycles. The van der Waals surface area contributed by atoms with Crippen LogP contribution in [0.1, 0.15) is 0 Å². The molecule has 0 atom stereocenters. The third-order valence-electron chi connectivity index (χ3n) is 2.96. The van der Waals surface area contributed by atoms with Gasteiger partial charge < -0.3 is 19.1 Å². The number of carbonyl (C=O) groups is 2. The second-order valence-electron chi connectivity index (χ2n) is 4.52. The number of benzene rings is 1. The van der Waals surface area contributed by atoms with E-state index in [9.17, 15) is 9.59 Å². The van der Waals surface area contributed by atoms with E-state index >= 15 is 0 Å². The molecule has 0 radical (unpaired) electrons. The van der Waals surface area contributed by atoms with Crippen LogP contribution >= 0.6 is 23.2 Å². The number of nitrogens with zero attached hydrogens (tertiary/aromatic N) is 1. The first-order valence-corrected chi connectivity index (χ1v) is 7.41. The molecule has 8 heteroatoms. The Bertz CT molecular complexity index is 546. The molecule has 0 spiro atoms. The average Bonchev–Trinajstić information content (AvgIpc) is 2.52. The zero-order valence-electron chi connectivity index (χ0n) is 11.7. The van der Waals surface area contributed by atoms with E-state index < -0.39 is 5.97 Å². The number of rotatable bonds is 5. The van der Waals surface area contributed by atoms with Gasteiger partial charge in [-0.2, -0.15) is 0 Å². The van der Waals surface area contributed by atoms with E-state index in [1.54, 1.807) is 17.0 Å². The molecule has 1 amide bonds. The van der Waals surface area contributed by atoms with Gasteiger partial charge in [-0.1, -0.05) is 23.2 Å². The number of ether oxygens (including phenoxy) is 3. The van der Waals surface area contributed by atoms with E-state index in [-0.39, 0.29) is 19.1 Å². The molecule has 0 aromatic heterocycles. The highest BCUT2D eigenvalue weighted by Gasteiger charge is 2.18. The van der Waals surface area contributed by atoms with Crippen molar-refractivity contribution in [3.05, 3.63) is 28.2 Å². The van der Waals surface area contributed by atoms with Gasteiger partial charge in [-0.15, -0.1) is 0 Å². The van der Waals surface area contributed by atoms with Gasteiger partial charge in [0, 0.05) is 18.1 Å². The Morgan fingerprint density at radius 2 is 1.91 bits per heavy atom. The number of esters is 1. The monoisotopic (exact) mass is 347 g/mol. The smallest absolute Gasteiger partial charge is 0.344 e. The molecular weight excluding hydrogens is 333 g/mol. The topological polar surface area (TPSA) is 65.1 Å². The van der Waals surface area contributed by atoms with Gasteiger partial charge in [0.05, 0.1) is 18.2 Å². The van der Waals surface area contributed by atoms with Crippen LogP contribution in [0.25, 0.3) is 0 Å². The van der Waals surface area contributed by atoms with Gasteiger partial charge in [-0.25, -0.2) is 4.79 Å². The molecule has 0 saturated carbocycles. The summed E-state index contributed by atoms with van der Waals surface area (Å²) in [6.07, 6.45) is 0. The number of morpholine rings is 1.